The van der Waals surface area contributed by atoms with Crippen molar-refractivity contribution in [2.45, 2.75) is 25.0 Å². The summed E-state index contributed by atoms with van der Waals surface area (Å²) in [5.41, 5.74) is 0.984. The molecule has 7 nitrogen and oxygen atoms in total. The predicted octanol–water partition coefficient (Wildman–Crippen LogP) is 1.42. The molecule has 3 rings (SSSR count). The molecule has 0 spiro atoms. The summed E-state index contributed by atoms with van der Waals surface area (Å²) in [7, 11) is 0. The highest BCUT2D eigenvalue weighted by atomic mass is 32.2. The van der Waals surface area contributed by atoms with E-state index in [1.54, 1.807) is 4.57 Å². The highest BCUT2D eigenvalue weighted by Crippen LogP contribution is 2.18. The maximum Gasteiger partial charge on any atom is 0.343 e. The number of thioether (sulfide) groups is 1. The van der Waals surface area contributed by atoms with E-state index >= 15 is 0 Å². The zero-order chi connectivity index (χ0) is 17.6. The van der Waals surface area contributed by atoms with Crippen molar-refractivity contribution in [1.82, 2.24) is 19.7 Å². The Kier molecular flexibility index (Phi) is 5.80. The summed E-state index contributed by atoms with van der Waals surface area (Å²) in [6.45, 7) is 5.73. The van der Waals surface area contributed by atoms with Crippen molar-refractivity contribution in [3.05, 3.63) is 40.8 Å². The van der Waals surface area contributed by atoms with Crippen LogP contribution in [0.25, 0.3) is 0 Å². The Labute approximate surface area is 151 Å². The number of aromatic nitrogens is 3. The van der Waals surface area contributed by atoms with Crippen LogP contribution in [0.15, 0.2) is 40.3 Å². The largest absolute Gasteiger partial charge is 0.368 e. The van der Waals surface area contributed by atoms with Crippen molar-refractivity contribution in [1.29, 1.82) is 0 Å². The van der Waals surface area contributed by atoms with Crippen molar-refractivity contribution in [3.63, 3.8) is 0 Å². The van der Waals surface area contributed by atoms with Crippen LogP contribution in [0.5, 0.6) is 0 Å². The number of carbonyl (C=O) groups excluding carboxylic acids is 1. The van der Waals surface area contributed by atoms with Crippen LogP contribution in [-0.2, 0) is 11.3 Å². The minimum atomic E-state index is -0.215. The number of hydrogen-bond donors (Lipinski definition) is 1. The first-order chi connectivity index (χ1) is 12.2. The van der Waals surface area contributed by atoms with Crippen LogP contribution in [0.1, 0.15) is 13.3 Å². The second-order valence-electron chi connectivity index (χ2n) is 5.96. The maximum absolute atomic E-state index is 12.5. The van der Waals surface area contributed by atoms with Gasteiger partial charge in [-0.05, 0) is 18.6 Å². The van der Waals surface area contributed by atoms with Crippen molar-refractivity contribution in [3.8, 4) is 0 Å². The van der Waals surface area contributed by atoms with E-state index in [2.05, 4.69) is 27.2 Å². The molecule has 1 aliphatic rings. The molecular formula is C17H23N5O2S. The van der Waals surface area contributed by atoms with Gasteiger partial charge in [0.25, 0.3) is 0 Å². The number of nitrogens with one attached hydrogen (secondary N) is 1. The van der Waals surface area contributed by atoms with Crippen LogP contribution >= 0.6 is 11.8 Å². The lowest BCUT2D eigenvalue weighted by Gasteiger charge is -2.36. The van der Waals surface area contributed by atoms with Crippen molar-refractivity contribution < 1.29 is 4.79 Å². The molecule has 1 aromatic carbocycles. The van der Waals surface area contributed by atoms with E-state index in [0.717, 1.165) is 32.6 Å². The lowest BCUT2D eigenvalue weighted by atomic mass is 10.2. The predicted molar refractivity (Wildman–Crippen MR) is 99.1 cm³/mol. The van der Waals surface area contributed by atoms with Crippen LogP contribution in [0.3, 0.4) is 0 Å². The Bertz CT molecular complexity index is 750. The molecule has 1 aromatic heterocycles. The number of rotatable bonds is 6. The van der Waals surface area contributed by atoms with Gasteiger partial charge in [-0.1, -0.05) is 36.9 Å². The van der Waals surface area contributed by atoms with Crippen LogP contribution in [-0.4, -0.2) is 57.5 Å². The van der Waals surface area contributed by atoms with E-state index < -0.39 is 0 Å². The molecule has 2 aromatic rings. The number of amides is 1. The summed E-state index contributed by atoms with van der Waals surface area (Å²) in [5, 5.41) is 7.05. The van der Waals surface area contributed by atoms with E-state index in [9.17, 15) is 9.59 Å². The SMILES string of the molecule is CCCn1c(SCC(=O)N2CCN(c3ccccc3)CC2)n[nH]c1=O. The van der Waals surface area contributed by atoms with Gasteiger partial charge in [0.05, 0.1) is 5.75 Å². The fourth-order valence-corrected chi connectivity index (χ4v) is 3.78. The number of hydrogen-bond acceptors (Lipinski definition) is 5. The summed E-state index contributed by atoms with van der Waals surface area (Å²) in [5.74, 6) is 0.399. The molecule has 1 saturated heterocycles. The van der Waals surface area contributed by atoms with E-state index in [1.165, 1.54) is 17.4 Å². The molecule has 8 heteroatoms. The maximum atomic E-state index is 12.5. The van der Waals surface area contributed by atoms with Gasteiger partial charge in [-0.3, -0.25) is 9.36 Å². The lowest BCUT2D eigenvalue weighted by Crippen LogP contribution is -2.49. The summed E-state index contributed by atoms with van der Waals surface area (Å²) in [6.07, 6.45) is 0.850. The van der Waals surface area contributed by atoms with Gasteiger partial charge >= 0.3 is 5.69 Å². The fraction of sp³-hybridized carbons (Fsp3) is 0.471. The number of nitrogens with zero attached hydrogens (tertiary/aromatic N) is 4. The first-order valence-electron chi connectivity index (χ1n) is 8.55. The number of piperazine rings is 1. The first-order valence-corrected chi connectivity index (χ1v) is 9.53. The molecule has 2 heterocycles. The Balaban J connectivity index is 1.51. The molecule has 0 saturated carbocycles. The Morgan fingerprint density at radius 1 is 1.20 bits per heavy atom. The number of H-pyrrole nitrogens is 1. The highest BCUT2D eigenvalue weighted by molar-refractivity contribution is 7.99. The van der Waals surface area contributed by atoms with Crippen LogP contribution in [0.2, 0.25) is 0 Å². The van der Waals surface area contributed by atoms with Crippen LogP contribution in [0, 0.1) is 0 Å². The Morgan fingerprint density at radius 3 is 2.60 bits per heavy atom. The summed E-state index contributed by atoms with van der Waals surface area (Å²) in [6, 6.07) is 10.3. The monoisotopic (exact) mass is 361 g/mol. The van der Waals surface area contributed by atoms with Gasteiger partial charge in [-0.25, -0.2) is 9.89 Å². The molecule has 134 valence electrons. The van der Waals surface area contributed by atoms with Gasteiger partial charge in [-0.2, -0.15) is 0 Å². The Morgan fingerprint density at radius 2 is 1.92 bits per heavy atom. The third-order valence-electron chi connectivity index (χ3n) is 4.25. The smallest absolute Gasteiger partial charge is 0.343 e. The van der Waals surface area contributed by atoms with Gasteiger partial charge in [0.1, 0.15) is 0 Å². The molecule has 1 fully saturated rings. The van der Waals surface area contributed by atoms with Crippen molar-refractivity contribution in [2.75, 3.05) is 36.8 Å². The summed E-state index contributed by atoms with van der Waals surface area (Å²) < 4.78 is 1.59. The topological polar surface area (TPSA) is 74.2 Å². The third kappa shape index (κ3) is 4.25. The minimum absolute atomic E-state index is 0.0937. The molecule has 1 amide bonds. The number of anilines is 1. The average Bonchev–Trinajstić information content (AvgIpc) is 3.01. The third-order valence-corrected chi connectivity index (χ3v) is 5.21. The van der Waals surface area contributed by atoms with Crippen LogP contribution in [0.4, 0.5) is 5.69 Å². The summed E-state index contributed by atoms with van der Waals surface area (Å²) >= 11 is 1.32. The van der Waals surface area contributed by atoms with Gasteiger partial charge in [0.15, 0.2) is 5.16 Å². The summed E-state index contributed by atoms with van der Waals surface area (Å²) in [4.78, 5) is 28.3. The molecule has 1 aliphatic heterocycles. The standard InChI is InChI=1S/C17H23N5O2S/c1-2-8-22-16(24)18-19-17(22)25-13-15(23)21-11-9-20(10-12-21)14-6-4-3-5-7-14/h3-7H,2,8-13H2,1H3,(H,18,24). The van der Waals surface area contributed by atoms with Crippen molar-refractivity contribution in [2.24, 2.45) is 0 Å². The second kappa shape index (κ2) is 8.24. The first kappa shape index (κ1) is 17.6. The molecule has 25 heavy (non-hydrogen) atoms. The van der Waals surface area contributed by atoms with E-state index in [-0.39, 0.29) is 11.6 Å². The number of para-hydroxylation sites is 1. The second-order valence-corrected chi connectivity index (χ2v) is 6.90. The van der Waals surface area contributed by atoms with Crippen molar-refractivity contribution >= 4 is 23.4 Å². The van der Waals surface area contributed by atoms with Gasteiger partial charge in [0.2, 0.25) is 5.91 Å². The molecule has 1 N–H and O–H groups in total. The van der Waals surface area contributed by atoms with E-state index in [4.69, 9.17) is 0 Å². The van der Waals surface area contributed by atoms with E-state index in [1.807, 2.05) is 30.0 Å². The Hall–Kier alpha value is -2.22. The average molecular weight is 361 g/mol. The lowest BCUT2D eigenvalue weighted by molar-refractivity contribution is -0.128. The zero-order valence-corrected chi connectivity index (χ0v) is 15.2. The molecule has 0 unspecified atom stereocenters. The van der Waals surface area contributed by atoms with E-state index in [0.29, 0.717) is 17.5 Å². The molecule has 0 radical (unpaired) electrons. The molecular weight excluding hydrogens is 338 g/mol. The van der Waals surface area contributed by atoms with Gasteiger partial charge in [-0.15, -0.1) is 5.10 Å². The molecule has 0 atom stereocenters. The van der Waals surface area contributed by atoms with Gasteiger partial charge < -0.3 is 9.80 Å². The quantitative estimate of drug-likeness (QED) is 0.788. The minimum Gasteiger partial charge on any atom is -0.368 e. The van der Waals surface area contributed by atoms with Crippen LogP contribution < -0.4 is 10.6 Å². The number of aromatic amines is 1. The highest BCUT2D eigenvalue weighted by Gasteiger charge is 2.22. The van der Waals surface area contributed by atoms with Gasteiger partial charge in [0, 0.05) is 38.4 Å². The fourth-order valence-electron chi connectivity index (χ4n) is 2.90. The number of benzene rings is 1. The normalized spacial score (nSPS) is 14.8. The molecule has 0 bridgehead atoms. The molecule has 0 aliphatic carbocycles. The zero-order valence-electron chi connectivity index (χ0n) is 14.4. The number of carbonyl (C=O) groups is 1.